The second-order valence-electron chi connectivity index (χ2n) is 8.78. The molecule has 2 aliphatic rings. The lowest BCUT2D eigenvalue weighted by atomic mass is 10.0. The molecule has 2 fully saturated rings. The number of amides is 2. The Morgan fingerprint density at radius 3 is 2.39 bits per heavy atom. The molecule has 2 N–H and O–H groups in total. The van der Waals surface area contributed by atoms with E-state index in [-0.39, 0.29) is 34.6 Å². The van der Waals surface area contributed by atoms with Gasteiger partial charge in [-0.15, -0.1) is 0 Å². The average Bonchev–Trinajstić information content (AvgIpc) is 3.38. The zero-order chi connectivity index (χ0) is 23.4. The molecule has 2 aromatic rings. The van der Waals surface area contributed by atoms with Crippen molar-refractivity contribution >= 4 is 27.5 Å². The summed E-state index contributed by atoms with van der Waals surface area (Å²) in [6, 6.07) is 16.3. The Bertz CT molecular complexity index is 1120. The lowest BCUT2D eigenvalue weighted by molar-refractivity contribution is -0.117. The van der Waals surface area contributed by atoms with Crippen molar-refractivity contribution in [3.63, 3.8) is 0 Å². The van der Waals surface area contributed by atoms with Gasteiger partial charge in [0.25, 0.3) is 0 Å². The second kappa shape index (κ2) is 9.89. The van der Waals surface area contributed by atoms with Gasteiger partial charge in [0.15, 0.2) is 0 Å². The van der Waals surface area contributed by atoms with E-state index in [0.717, 1.165) is 18.4 Å². The molecule has 0 radical (unpaired) electrons. The monoisotopic (exact) mass is 467 g/mol. The van der Waals surface area contributed by atoms with E-state index in [4.69, 9.17) is 0 Å². The zero-order valence-corrected chi connectivity index (χ0v) is 19.3. The first-order valence-electron chi connectivity index (χ1n) is 11.2. The van der Waals surface area contributed by atoms with E-state index in [2.05, 4.69) is 17.2 Å². The van der Waals surface area contributed by atoms with Gasteiger partial charge in [-0.25, -0.2) is 8.42 Å². The predicted molar refractivity (Wildman–Crippen MR) is 127 cm³/mol. The summed E-state index contributed by atoms with van der Waals surface area (Å²) in [5, 5.41) is 5.74. The van der Waals surface area contributed by atoms with Gasteiger partial charge in [0.2, 0.25) is 21.8 Å². The third-order valence-electron chi connectivity index (χ3n) is 6.49. The van der Waals surface area contributed by atoms with Crippen LogP contribution in [0.25, 0.3) is 0 Å². The van der Waals surface area contributed by atoms with Crippen LogP contribution < -0.4 is 10.6 Å². The summed E-state index contributed by atoms with van der Waals surface area (Å²) in [4.78, 5) is 24.1. The normalized spacial score (nSPS) is 22.5. The van der Waals surface area contributed by atoms with Crippen molar-refractivity contribution < 1.29 is 18.0 Å². The summed E-state index contributed by atoms with van der Waals surface area (Å²) < 4.78 is 28.0. The van der Waals surface area contributed by atoms with Crippen molar-refractivity contribution in [1.82, 2.24) is 9.62 Å². The SMILES string of the molecule is C=CC(=O)NC1CC2CN(S(=O)(=O)c3cccc(NC(=O)CCc4ccccc4)c3)CC2C1. The molecule has 2 aromatic carbocycles. The Labute approximate surface area is 194 Å². The Morgan fingerprint density at radius 1 is 1.03 bits per heavy atom. The maximum absolute atomic E-state index is 13.3. The zero-order valence-electron chi connectivity index (χ0n) is 18.4. The van der Waals surface area contributed by atoms with Crippen molar-refractivity contribution in [2.24, 2.45) is 11.8 Å². The number of fused-ring (bicyclic) bond motifs is 1. The van der Waals surface area contributed by atoms with E-state index in [9.17, 15) is 18.0 Å². The molecule has 7 nitrogen and oxygen atoms in total. The number of carbonyl (C=O) groups excluding carboxylic acids is 2. The molecule has 4 rings (SSSR count). The summed E-state index contributed by atoms with van der Waals surface area (Å²) >= 11 is 0. The molecule has 1 heterocycles. The molecular formula is C25H29N3O4S. The van der Waals surface area contributed by atoms with Crippen molar-refractivity contribution in [3.8, 4) is 0 Å². The number of rotatable bonds is 8. The summed E-state index contributed by atoms with van der Waals surface area (Å²) in [5.74, 6) is 0.121. The number of nitrogens with one attached hydrogen (secondary N) is 2. The largest absolute Gasteiger partial charge is 0.350 e. The van der Waals surface area contributed by atoms with Crippen LogP contribution in [0.15, 0.2) is 72.1 Å². The number of carbonyl (C=O) groups is 2. The minimum absolute atomic E-state index is 0.0739. The maximum Gasteiger partial charge on any atom is 0.243 e. The standard InChI is InChI=1S/C25H29N3O4S/c1-2-24(29)27-22-13-19-16-28(17-20(19)14-22)33(31,32)23-10-6-9-21(15-23)26-25(30)12-11-18-7-4-3-5-8-18/h2-10,15,19-20,22H,1,11-14,16-17H2,(H,26,30)(H,27,29). The summed E-state index contributed by atoms with van der Waals surface area (Å²) in [6.07, 6.45) is 3.75. The number of hydrogen-bond donors (Lipinski definition) is 2. The van der Waals surface area contributed by atoms with Gasteiger partial charge in [-0.05, 0) is 60.9 Å². The highest BCUT2D eigenvalue weighted by Gasteiger charge is 2.45. The Balaban J connectivity index is 1.35. The molecule has 1 saturated heterocycles. The van der Waals surface area contributed by atoms with Crippen LogP contribution in [0, 0.1) is 11.8 Å². The number of aryl methyl sites for hydroxylation is 1. The van der Waals surface area contributed by atoms with Crippen molar-refractivity contribution in [2.45, 2.75) is 36.6 Å². The molecule has 2 amide bonds. The second-order valence-corrected chi connectivity index (χ2v) is 10.7. The van der Waals surface area contributed by atoms with Crippen molar-refractivity contribution in [2.75, 3.05) is 18.4 Å². The molecule has 2 unspecified atom stereocenters. The van der Waals surface area contributed by atoms with Gasteiger partial charge >= 0.3 is 0 Å². The number of nitrogens with zero attached hydrogens (tertiary/aromatic N) is 1. The van der Waals surface area contributed by atoms with Gasteiger partial charge in [-0.3, -0.25) is 9.59 Å². The molecule has 2 atom stereocenters. The molecular weight excluding hydrogens is 438 g/mol. The third kappa shape index (κ3) is 5.51. The molecule has 0 bridgehead atoms. The van der Waals surface area contributed by atoms with E-state index in [0.29, 0.717) is 31.6 Å². The van der Waals surface area contributed by atoms with Crippen molar-refractivity contribution in [1.29, 1.82) is 0 Å². The lowest BCUT2D eigenvalue weighted by Gasteiger charge is -2.20. The maximum atomic E-state index is 13.3. The number of hydrogen-bond acceptors (Lipinski definition) is 4. The van der Waals surface area contributed by atoms with E-state index in [1.54, 1.807) is 18.2 Å². The highest BCUT2D eigenvalue weighted by Crippen LogP contribution is 2.40. The van der Waals surface area contributed by atoms with E-state index in [1.165, 1.54) is 16.4 Å². The Hall–Kier alpha value is -2.97. The molecule has 1 aliphatic carbocycles. The topological polar surface area (TPSA) is 95.6 Å². The van der Waals surface area contributed by atoms with Crippen LogP contribution in [-0.2, 0) is 26.0 Å². The fraction of sp³-hybridized carbons (Fsp3) is 0.360. The highest BCUT2D eigenvalue weighted by molar-refractivity contribution is 7.89. The highest BCUT2D eigenvalue weighted by atomic mass is 32.2. The molecule has 1 aliphatic heterocycles. The van der Waals surface area contributed by atoms with Gasteiger partial charge < -0.3 is 10.6 Å². The van der Waals surface area contributed by atoms with Crippen molar-refractivity contribution in [3.05, 3.63) is 72.8 Å². The third-order valence-corrected chi connectivity index (χ3v) is 8.32. The van der Waals surface area contributed by atoms with Crippen LogP contribution in [0.4, 0.5) is 5.69 Å². The Kier molecular flexibility index (Phi) is 6.95. The lowest BCUT2D eigenvalue weighted by Crippen LogP contribution is -2.35. The van der Waals surface area contributed by atoms with Crippen LogP contribution in [0.3, 0.4) is 0 Å². The minimum Gasteiger partial charge on any atom is -0.350 e. The van der Waals surface area contributed by atoms with Gasteiger partial charge in [0.05, 0.1) is 4.90 Å². The molecule has 8 heteroatoms. The summed E-state index contributed by atoms with van der Waals surface area (Å²) in [7, 11) is -3.66. The van der Waals surface area contributed by atoms with Crippen LogP contribution in [0.2, 0.25) is 0 Å². The van der Waals surface area contributed by atoms with Gasteiger partial charge in [-0.2, -0.15) is 4.31 Å². The first-order chi connectivity index (χ1) is 15.8. The van der Waals surface area contributed by atoms with Gasteiger partial charge in [0.1, 0.15) is 0 Å². The average molecular weight is 468 g/mol. The minimum atomic E-state index is -3.66. The summed E-state index contributed by atoms with van der Waals surface area (Å²) in [5.41, 5.74) is 1.55. The molecule has 174 valence electrons. The van der Waals surface area contributed by atoms with E-state index < -0.39 is 10.0 Å². The molecule has 0 aromatic heterocycles. The predicted octanol–water partition coefficient (Wildman–Crippen LogP) is 2.96. The molecule has 0 spiro atoms. The van der Waals surface area contributed by atoms with E-state index in [1.807, 2.05) is 30.3 Å². The fourth-order valence-electron chi connectivity index (χ4n) is 4.84. The quantitative estimate of drug-likeness (QED) is 0.584. The fourth-order valence-corrected chi connectivity index (χ4v) is 6.44. The number of sulfonamides is 1. The van der Waals surface area contributed by atoms with Crippen LogP contribution in [-0.4, -0.2) is 43.7 Å². The Morgan fingerprint density at radius 2 is 1.73 bits per heavy atom. The molecule has 33 heavy (non-hydrogen) atoms. The number of anilines is 1. The molecule has 1 saturated carbocycles. The van der Waals surface area contributed by atoms with Crippen LogP contribution >= 0.6 is 0 Å². The van der Waals surface area contributed by atoms with Gasteiger partial charge in [-0.1, -0.05) is 43.0 Å². The number of benzene rings is 2. The van der Waals surface area contributed by atoms with Crippen LogP contribution in [0.5, 0.6) is 0 Å². The first-order valence-corrected chi connectivity index (χ1v) is 12.7. The first kappa shape index (κ1) is 23.2. The summed E-state index contributed by atoms with van der Waals surface area (Å²) in [6.45, 7) is 4.37. The smallest absolute Gasteiger partial charge is 0.243 e. The van der Waals surface area contributed by atoms with Crippen LogP contribution in [0.1, 0.15) is 24.8 Å². The van der Waals surface area contributed by atoms with E-state index >= 15 is 0 Å². The van der Waals surface area contributed by atoms with Gasteiger partial charge in [0, 0.05) is 31.2 Å².